The van der Waals surface area contributed by atoms with Crippen molar-refractivity contribution in [2.75, 3.05) is 19.3 Å². The number of imidazole rings is 1. The minimum Gasteiger partial charge on any atom is -0.468 e. The molecule has 0 spiro atoms. The van der Waals surface area contributed by atoms with E-state index in [1.807, 2.05) is 54.9 Å². The Hall–Kier alpha value is -3.94. The molecule has 0 bridgehead atoms. The Morgan fingerprint density at radius 3 is 2.62 bits per heavy atom. The fourth-order valence-corrected chi connectivity index (χ4v) is 3.54. The topological polar surface area (TPSA) is 137 Å². The van der Waals surface area contributed by atoms with Gasteiger partial charge in [-0.3, -0.25) is 0 Å². The van der Waals surface area contributed by atoms with Crippen LogP contribution >= 0.6 is 0 Å². The Morgan fingerprint density at radius 2 is 2.00 bits per heavy atom. The van der Waals surface area contributed by atoms with E-state index in [2.05, 4.69) is 32.5 Å². The van der Waals surface area contributed by atoms with E-state index < -0.39 is 5.60 Å². The number of nitrogens with one attached hydrogen (secondary N) is 1. The van der Waals surface area contributed by atoms with Gasteiger partial charge in [0.05, 0.1) is 5.52 Å². The summed E-state index contributed by atoms with van der Waals surface area (Å²) in [5, 5.41) is 20.9. The zero-order chi connectivity index (χ0) is 24.3. The van der Waals surface area contributed by atoms with Gasteiger partial charge in [-0.1, -0.05) is 36.3 Å². The van der Waals surface area contributed by atoms with Crippen molar-refractivity contribution in [3.63, 3.8) is 0 Å². The Bertz CT molecular complexity index is 1340. The summed E-state index contributed by atoms with van der Waals surface area (Å²) in [5.74, 6) is 6.78. The molecule has 34 heavy (non-hydrogen) atoms. The maximum absolute atomic E-state index is 10.2. The summed E-state index contributed by atoms with van der Waals surface area (Å²) < 4.78 is 13.0. The first kappa shape index (κ1) is 23.2. The molecule has 0 aliphatic heterocycles. The lowest BCUT2D eigenvalue weighted by molar-refractivity contribution is 0.143. The van der Waals surface area contributed by atoms with Gasteiger partial charge < -0.3 is 25.5 Å². The number of nitrogens with two attached hydrogens (primary N) is 1. The summed E-state index contributed by atoms with van der Waals surface area (Å²) in [6.07, 6.45) is -0.279. The van der Waals surface area contributed by atoms with Crippen LogP contribution in [0.25, 0.3) is 22.6 Å². The lowest BCUT2D eigenvalue weighted by Crippen LogP contribution is -2.22. The average molecular weight is 462 g/mol. The summed E-state index contributed by atoms with van der Waals surface area (Å²) in [5.41, 5.74) is 7.71. The van der Waals surface area contributed by atoms with Crippen molar-refractivity contribution in [1.29, 1.82) is 0 Å². The lowest BCUT2D eigenvalue weighted by Gasteiger charge is -2.19. The third-order valence-electron chi connectivity index (χ3n) is 5.07. The summed E-state index contributed by atoms with van der Waals surface area (Å²) in [4.78, 5) is 9.35. The van der Waals surface area contributed by atoms with E-state index in [9.17, 15) is 5.11 Å². The highest BCUT2D eigenvalue weighted by Gasteiger charge is 2.23. The molecular formula is C24H27N7O3. The van der Waals surface area contributed by atoms with Crippen molar-refractivity contribution in [2.24, 2.45) is 0 Å². The minimum atomic E-state index is -1.21. The molecule has 4 rings (SSSR count). The number of likely N-dealkylation sites (N-methyl/N-ethyl adjacent to an activating group) is 1. The van der Waals surface area contributed by atoms with Crippen LogP contribution in [-0.2, 0) is 6.54 Å². The van der Waals surface area contributed by atoms with E-state index in [-0.39, 0.29) is 11.9 Å². The third kappa shape index (κ3) is 4.85. The molecule has 0 aliphatic rings. The number of fused-ring (bicyclic) bond motifs is 1. The molecule has 176 valence electrons. The number of benzene rings is 1. The van der Waals surface area contributed by atoms with Gasteiger partial charge in [-0.2, -0.15) is 0 Å². The van der Waals surface area contributed by atoms with Gasteiger partial charge >= 0.3 is 0 Å². The number of rotatable bonds is 7. The van der Waals surface area contributed by atoms with Gasteiger partial charge in [0.25, 0.3) is 0 Å². The summed E-state index contributed by atoms with van der Waals surface area (Å²) >= 11 is 0. The molecule has 0 saturated heterocycles. The number of hydrogen-bond acceptors (Lipinski definition) is 9. The van der Waals surface area contributed by atoms with Crippen molar-refractivity contribution >= 4 is 16.9 Å². The highest BCUT2D eigenvalue weighted by atomic mass is 16.6. The summed E-state index contributed by atoms with van der Waals surface area (Å²) in [6, 6.07) is 11.7. The first-order valence-corrected chi connectivity index (χ1v) is 10.9. The Balaban J connectivity index is 1.89. The molecule has 10 nitrogen and oxygen atoms in total. The zero-order valence-electron chi connectivity index (χ0n) is 19.5. The summed E-state index contributed by atoms with van der Waals surface area (Å²) in [6.45, 7) is 6.33. The predicted octanol–water partition coefficient (Wildman–Crippen LogP) is 2.55. The van der Waals surface area contributed by atoms with Crippen LogP contribution in [0.15, 0.2) is 41.0 Å². The largest absolute Gasteiger partial charge is 0.468 e. The van der Waals surface area contributed by atoms with Crippen LogP contribution in [0.2, 0.25) is 0 Å². The van der Waals surface area contributed by atoms with Crippen LogP contribution in [0, 0.1) is 11.8 Å². The maximum Gasteiger partial charge on any atom is 0.217 e. The number of ether oxygens (including phenoxy) is 1. The van der Waals surface area contributed by atoms with Gasteiger partial charge in [0.1, 0.15) is 22.9 Å². The van der Waals surface area contributed by atoms with Gasteiger partial charge in [-0.05, 0) is 49.6 Å². The van der Waals surface area contributed by atoms with Crippen LogP contribution in [0.4, 0.5) is 5.82 Å². The van der Waals surface area contributed by atoms with Crippen LogP contribution in [0.1, 0.15) is 38.1 Å². The third-order valence-corrected chi connectivity index (χ3v) is 5.07. The lowest BCUT2D eigenvalue weighted by atomic mass is 10.1. The normalized spacial score (nSPS) is 12.4. The first-order valence-electron chi connectivity index (χ1n) is 10.9. The van der Waals surface area contributed by atoms with Gasteiger partial charge in [0.2, 0.25) is 5.88 Å². The minimum absolute atomic E-state index is 0.136. The molecule has 1 unspecified atom stereocenters. The molecule has 0 radical (unpaired) electrons. The molecule has 10 heteroatoms. The van der Waals surface area contributed by atoms with Crippen LogP contribution < -0.4 is 15.8 Å². The van der Waals surface area contributed by atoms with Gasteiger partial charge in [0.15, 0.2) is 17.3 Å². The fraction of sp³-hybridized carbons (Fsp3) is 0.333. The zero-order valence-corrected chi connectivity index (χ0v) is 19.5. The second-order valence-corrected chi connectivity index (χ2v) is 8.24. The highest BCUT2D eigenvalue weighted by Crippen LogP contribution is 2.31. The Kier molecular flexibility index (Phi) is 6.49. The number of aliphatic hydroxyl groups is 1. The number of nitrogens with zero attached hydrogens (tertiary/aromatic N) is 5. The second kappa shape index (κ2) is 9.51. The Morgan fingerprint density at radius 1 is 1.24 bits per heavy atom. The van der Waals surface area contributed by atoms with Gasteiger partial charge in [-0.25, -0.2) is 14.6 Å². The van der Waals surface area contributed by atoms with Crippen LogP contribution in [0.5, 0.6) is 5.88 Å². The fourth-order valence-electron chi connectivity index (χ4n) is 3.54. The van der Waals surface area contributed by atoms with Crippen LogP contribution in [-0.4, -0.2) is 49.1 Å². The molecule has 1 aromatic carbocycles. The maximum atomic E-state index is 10.2. The smallest absolute Gasteiger partial charge is 0.217 e. The van der Waals surface area contributed by atoms with Crippen molar-refractivity contribution in [2.45, 2.75) is 39.0 Å². The van der Waals surface area contributed by atoms with E-state index >= 15 is 0 Å². The standard InChI is InChI=1S/C24H27N7O3/c1-5-31-17-13-19(33-18(14-26-4)15-9-7-6-8-10-15)27-16(11-12-24(2,3)32)20(17)28-23(31)21-22(25)30-34-29-21/h6-10,13,18,26,32H,5,14H2,1-4H3,(H2,25,30). The van der Waals surface area contributed by atoms with E-state index in [4.69, 9.17) is 20.1 Å². The number of anilines is 1. The van der Waals surface area contributed by atoms with Gasteiger partial charge in [-0.15, -0.1) is 0 Å². The number of nitrogen functional groups attached to an aromatic ring is 1. The molecule has 0 amide bonds. The molecule has 4 N–H and O–H groups in total. The van der Waals surface area contributed by atoms with Crippen molar-refractivity contribution < 1.29 is 14.5 Å². The van der Waals surface area contributed by atoms with Gasteiger partial charge in [0, 0.05) is 19.2 Å². The van der Waals surface area contributed by atoms with Crippen LogP contribution in [0.3, 0.4) is 0 Å². The molecule has 4 aromatic rings. The molecule has 0 aliphatic carbocycles. The molecule has 3 aromatic heterocycles. The first-order chi connectivity index (χ1) is 16.3. The quantitative estimate of drug-likeness (QED) is 0.355. The number of pyridine rings is 1. The van der Waals surface area contributed by atoms with Crippen molar-refractivity contribution in [3.05, 3.63) is 47.7 Å². The molecular weight excluding hydrogens is 434 g/mol. The van der Waals surface area contributed by atoms with E-state index in [0.717, 1.165) is 11.1 Å². The van der Waals surface area contributed by atoms with E-state index in [1.54, 1.807) is 13.8 Å². The second-order valence-electron chi connectivity index (χ2n) is 8.24. The van der Waals surface area contributed by atoms with E-state index in [0.29, 0.717) is 41.7 Å². The van der Waals surface area contributed by atoms with Crippen molar-refractivity contribution in [3.8, 4) is 29.2 Å². The monoisotopic (exact) mass is 461 g/mol. The molecule has 0 saturated carbocycles. The highest BCUT2D eigenvalue weighted by molar-refractivity contribution is 5.86. The summed E-state index contributed by atoms with van der Waals surface area (Å²) in [7, 11) is 1.87. The predicted molar refractivity (Wildman–Crippen MR) is 128 cm³/mol. The number of hydrogen-bond donors (Lipinski definition) is 3. The molecule has 0 fully saturated rings. The van der Waals surface area contributed by atoms with Crippen molar-refractivity contribution in [1.82, 2.24) is 30.2 Å². The Labute approximate surface area is 197 Å². The molecule has 1 atom stereocenters. The average Bonchev–Trinajstić information content (AvgIpc) is 3.40. The van der Waals surface area contributed by atoms with E-state index in [1.165, 1.54) is 0 Å². The molecule has 3 heterocycles. The number of aromatic nitrogens is 5. The SMILES string of the molecule is CCn1c(-c2nonc2N)nc2c(C#CC(C)(C)O)nc(OC(CNC)c3ccccc3)cc21. The number of aryl methyl sites for hydroxylation is 1.